The minimum atomic E-state index is 0.154. The third-order valence-corrected chi connectivity index (χ3v) is 1.43. The molecule has 0 aliphatic carbocycles. The van der Waals surface area contributed by atoms with Crippen molar-refractivity contribution >= 4 is 5.78 Å². The molecule has 2 N–H and O–H groups in total. The lowest BCUT2D eigenvalue weighted by Gasteiger charge is -2.03. The first-order valence-corrected chi connectivity index (χ1v) is 4.68. The molecule has 0 aliphatic heterocycles. The Kier molecular flexibility index (Phi) is 9.30. The number of carbonyl (C=O) groups excluding carboxylic acids is 1. The summed E-state index contributed by atoms with van der Waals surface area (Å²) >= 11 is 0. The quantitative estimate of drug-likeness (QED) is 0.531. The number of carbonyl (C=O) groups is 1. The van der Waals surface area contributed by atoms with E-state index in [0.717, 1.165) is 6.42 Å². The summed E-state index contributed by atoms with van der Waals surface area (Å²) in [7, 11) is 0. The number of Topliss-reactive ketones (excluding diaryl/α,β-unsaturated/α-hetero) is 1. The number of ether oxygens (including phenoxy) is 2. The van der Waals surface area contributed by atoms with Crippen molar-refractivity contribution in [2.45, 2.75) is 19.8 Å². The topological polar surface area (TPSA) is 61.5 Å². The molecule has 4 nitrogen and oxygen atoms in total. The fraction of sp³-hybridized carbons (Fsp3) is 0.889. The zero-order valence-electron chi connectivity index (χ0n) is 8.25. The summed E-state index contributed by atoms with van der Waals surface area (Å²) in [5, 5.41) is 0. The van der Waals surface area contributed by atoms with Gasteiger partial charge in [-0.05, 0) is 6.42 Å². The maximum atomic E-state index is 10.9. The molecule has 0 aromatic heterocycles. The van der Waals surface area contributed by atoms with Gasteiger partial charge in [0, 0.05) is 13.0 Å². The number of rotatable bonds is 9. The van der Waals surface area contributed by atoms with Crippen molar-refractivity contribution in [2.24, 2.45) is 5.73 Å². The van der Waals surface area contributed by atoms with Crippen LogP contribution in [-0.4, -0.2) is 38.8 Å². The van der Waals surface area contributed by atoms with Crippen LogP contribution >= 0.6 is 0 Å². The first-order chi connectivity index (χ1) is 6.31. The van der Waals surface area contributed by atoms with Crippen molar-refractivity contribution < 1.29 is 14.3 Å². The summed E-state index contributed by atoms with van der Waals surface area (Å²) in [6.45, 7) is 4.23. The standard InChI is InChI=1S/C9H19NO3/c1-2-3-9(11)8-13-7-6-12-5-4-10/h2-8,10H2,1H3. The Bertz CT molecular complexity index is 128. The Morgan fingerprint density at radius 1 is 1.23 bits per heavy atom. The van der Waals surface area contributed by atoms with Crippen LogP contribution in [-0.2, 0) is 14.3 Å². The van der Waals surface area contributed by atoms with Gasteiger partial charge in [-0.1, -0.05) is 6.92 Å². The summed E-state index contributed by atoms with van der Waals surface area (Å²) < 4.78 is 10.1. The van der Waals surface area contributed by atoms with Crippen molar-refractivity contribution in [3.05, 3.63) is 0 Å². The predicted octanol–water partition coefficient (Wildman–Crippen LogP) is 0.348. The van der Waals surface area contributed by atoms with Gasteiger partial charge in [-0.3, -0.25) is 4.79 Å². The first-order valence-electron chi connectivity index (χ1n) is 4.68. The Morgan fingerprint density at radius 3 is 2.54 bits per heavy atom. The normalized spacial score (nSPS) is 10.3. The minimum absolute atomic E-state index is 0.154. The van der Waals surface area contributed by atoms with Gasteiger partial charge in [0.05, 0.1) is 19.8 Å². The van der Waals surface area contributed by atoms with Crippen LogP contribution in [0.25, 0.3) is 0 Å². The highest BCUT2D eigenvalue weighted by atomic mass is 16.5. The molecule has 0 unspecified atom stereocenters. The molecule has 0 amide bonds. The van der Waals surface area contributed by atoms with Crippen molar-refractivity contribution in [3.63, 3.8) is 0 Å². The first kappa shape index (κ1) is 12.6. The maximum absolute atomic E-state index is 10.9. The van der Waals surface area contributed by atoms with Crippen molar-refractivity contribution in [3.8, 4) is 0 Å². The van der Waals surface area contributed by atoms with Crippen LogP contribution in [0.1, 0.15) is 19.8 Å². The number of hydrogen-bond acceptors (Lipinski definition) is 4. The van der Waals surface area contributed by atoms with Gasteiger partial charge < -0.3 is 15.2 Å². The molecule has 0 aliphatic rings. The van der Waals surface area contributed by atoms with E-state index in [1.165, 1.54) is 0 Å². The fourth-order valence-corrected chi connectivity index (χ4v) is 0.840. The lowest BCUT2D eigenvalue weighted by molar-refractivity contribution is -0.124. The molecule has 0 rings (SSSR count). The monoisotopic (exact) mass is 189 g/mol. The molecule has 0 atom stereocenters. The molecule has 0 bridgehead atoms. The maximum Gasteiger partial charge on any atom is 0.158 e. The molecule has 0 heterocycles. The fourth-order valence-electron chi connectivity index (χ4n) is 0.840. The summed E-state index contributed by atoms with van der Waals surface area (Å²) in [4.78, 5) is 10.9. The van der Waals surface area contributed by atoms with E-state index in [2.05, 4.69) is 0 Å². The number of nitrogens with two attached hydrogens (primary N) is 1. The van der Waals surface area contributed by atoms with Gasteiger partial charge in [-0.2, -0.15) is 0 Å². The highest BCUT2D eigenvalue weighted by Gasteiger charge is 1.98. The van der Waals surface area contributed by atoms with Crippen LogP contribution in [0.3, 0.4) is 0 Å². The molecule has 13 heavy (non-hydrogen) atoms. The van der Waals surface area contributed by atoms with Gasteiger partial charge in [0.2, 0.25) is 0 Å². The second kappa shape index (κ2) is 9.64. The zero-order valence-corrected chi connectivity index (χ0v) is 8.25. The van der Waals surface area contributed by atoms with Crippen molar-refractivity contribution in [1.29, 1.82) is 0 Å². The molecule has 0 aromatic carbocycles. The SMILES string of the molecule is CCCC(=O)COCCOCCN. The molecule has 0 radical (unpaired) electrons. The van der Waals surface area contributed by atoms with Gasteiger partial charge >= 0.3 is 0 Å². The number of hydrogen-bond donors (Lipinski definition) is 1. The van der Waals surface area contributed by atoms with Crippen LogP contribution < -0.4 is 5.73 Å². The molecule has 0 aromatic rings. The average molecular weight is 189 g/mol. The van der Waals surface area contributed by atoms with Crippen LogP contribution in [0.4, 0.5) is 0 Å². The highest BCUT2D eigenvalue weighted by Crippen LogP contribution is 1.89. The third kappa shape index (κ3) is 9.46. The van der Waals surface area contributed by atoms with Crippen LogP contribution in [0.5, 0.6) is 0 Å². The second-order valence-electron chi connectivity index (χ2n) is 2.74. The van der Waals surface area contributed by atoms with E-state index in [1.54, 1.807) is 0 Å². The smallest absolute Gasteiger partial charge is 0.158 e. The summed E-state index contributed by atoms with van der Waals surface area (Å²) in [6.07, 6.45) is 1.48. The van der Waals surface area contributed by atoms with Gasteiger partial charge in [-0.25, -0.2) is 0 Å². The van der Waals surface area contributed by atoms with E-state index in [0.29, 0.717) is 32.8 Å². The van der Waals surface area contributed by atoms with E-state index < -0.39 is 0 Å². The zero-order chi connectivity index (χ0) is 9.94. The molecule has 4 heteroatoms. The van der Waals surface area contributed by atoms with Gasteiger partial charge in [0.25, 0.3) is 0 Å². The lowest BCUT2D eigenvalue weighted by atomic mass is 10.2. The summed E-state index contributed by atoms with van der Waals surface area (Å²) in [6, 6.07) is 0. The van der Waals surface area contributed by atoms with E-state index in [4.69, 9.17) is 15.2 Å². The molecule has 0 saturated heterocycles. The van der Waals surface area contributed by atoms with Crippen LogP contribution in [0.2, 0.25) is 0 Å². The molecular weight excluding hydrogens is 170 g/mol. The van der Waals surface area contributed by atoms with Gasteiger partial charge in [0.15, 0.2) is 5.78 Å². The Balaban J connectivity index is 3.02. The van der Waals surface area contributed by atoms with Crippen molar-refractivity contribution in [2.75, 3.05) is 33.0 Å². The van der Waals surface area contributed by atoms with Crippen LogP contribution in [0, 0.1) is 0 Å². The summed E-state index contributed by atoms with van der Waals surface area (Å²) in [5.41, 5.74) is 5.21. The van der Waals surface area contributed by atoms with E-state index in [1.807, 2.05) is 6.92 Å². The molecule has 0 spiro atoms. The predicted molar refractivity (Wildman–Crippen MR) is 50.6 cm³/mol. The Labute approximate surface area is 79.4 Å². The van der Waals surface area contributed by atoms with Gasteiger partial charge in [-0.15, -0.1) is 0 Å². The van der Waals surface area contributed by atoms with E-state index in [9.17, 15) is 4.79 Å². The van der Waals surface area contributed by atoms with E-state index >= 15 is 0 Å². The molecule has 78 valence electrons. The number of ketones is 1. The second-order valence-corrected chi connectivity index (χ2v) is 2.74. The summed E-state index contributed by atoms with van der Waals surface area (Å²) in [5.74, 6) is 0.154. The molecular formula is C9H19NO3. The average Bonchev–Trinajstić information content (AvgIpc) is 2.11. The van der Waals surface area contributed by atoms with Crippen LogP contribution in [0.15, 0.2) is 0 Å². The molecule has 0 saturated carbocycles. The largest absolute Gasteiger partial charge is 0.378 e. The lowest BCUT2D eigenvalue weighted by Crippen LogP contribution is -2.14. The molecule has 0 fully saturated rings. The Hall–Kier alpha value is -0.450. The van der Waals surface area contributed by atoms with Gasteiger partial charge in [0.1, 0.15) is 6.61 Å². The third-order valence-electron chi connectivity index (χ3n) is 1.43. The van der Waals surface area contributed by atoms with E-state index in [-0.39, 0.29) is 12.4 Å². The van der Waals surface area contributed by atoms with Crippen molar-refractivity contribution in [1.82, 2.24) is 0 Å². The minimum Gasteiger partial charge on any atom is -0.378 e. The highest BCUT2D eigenvalue weighted by molar-refractivity contribution is 5.79. The Morgan fingerprint density at radius 2 is 1.92 bits per heavy atom.